The lowest BCUT2D eigenvalue weighted by Crippen LogP contribution is -2.36. The molecule has 0 fully saturated rings. The molecular weight excluding hydrogens is 410 g/mol. The van der Waals surface area contributed by atoms with E-state index in [-0.39, 0.29) is 18.0 Å². The maximum absolute atomic E-state index is 12.9. The van der Waals surface area contributed by atoms with Gasteiger partial charge in [0.25, 0.3) is 0 Å². The number of guanidine groups is 1. The first kappa shape index (κ1) is 24.1. The number of nitrogens with one attached hydrogen (secondary N) is 2. The highest BCUT2D eigenvalue weighted by Crippen LogP contribution is 2.32. The van der Waals surface area contributed by atoms with Gasteiger partial charge in [-0.25, -0.2) is 4.98 Å². The van der Waals surface area contributed by atoms with E-state index in [1.54, 1.807) is 45.5 Å². The summed E-state index contributed by atoms with van der Waals surface area (Å²) < 4.78 is 46.5. The van der Waals surface area contributed by atoms with E-state index in [0.717, 1.165) is 5.56 Å². The molecule has 0 saturated heterocycles. The molecule has 0 bridgehead atoms. The summed E-state index contributed by atoms with van der Waals surface area (Å²) in [7, 11) is 3.21. The number of aromatic nitrogens is 1. The van der Waals surface area contributed by atoms with Crippen LogP contribution in [-0.2, 0) is 17.8 Å². The molecule has 1 heterocycles. The Labute approximate surface area is 180 Å². The second-order valence-electron chi connectivity index (χ2n) is 6.14. The molecule has 0 aliphatic rings. The summed E-state index contributed by atoms with van der Waals surface area (Å²) in [5.41, 5.74) is 1.35. The van der Waals surface area contributed by atoms with Crippen molar-refractivity contribution in [2.45, 2.75) is 26.6 Å². The van der Waals surface area contributed by atoms with Gasteiger partial charge in [-0.2, -0.15) is 8.78 Å². The molecular formula is C21H28F2N4O4. The van der Waals surface area contributed by atoms with Crippen molar-refractivity contribution in [3.8, 4) is 17.4 Å². The molecule has 0 atom stereocenters. The highest BCUT2D eigenvalue weighted by atomic mass is 19.3. The Kier molecular flexibility index (Phi) is 10.3. The second kappa shape index (κ2) is 13.2. The van der Waals surface area contributed by atoms with Gasteiger partial charge in [-0.3, -0.25) is 4.99 Å². The Morgan fingerprint density at radius 3 is 2.48 bits per heavy atom. The highest BCUT2D eigenvalue weighted by molar-refractivity contribution is 5.79. The van der Waals surface area contributed by atoms with Gasteiger partial charge in [0.15, 0.2) is 17.5 Å². The monoisotopic (exact) mass is 438 g/mol. The van der Waals surface area contributed by atoms with Crippen LogP contribution in [0.5, 0.6) is 17.4 Å². The van der Waals surface area contributed by atoms with Crippen molar-refractivity contribution in [2.24, 2.45) is 4.99 Å². The van der Waals surface area contributed by atoms with Crippen LogP contribution in [0.1, 0.15) is 18.1 Å². The number of nitrogens with zero attached hydrogens (tertiary/aromatic N) is 2. The largest absolute Gasteiger partial charge is 0.490 e. The van der Waals surface area contributed by atoms with Crippen molar-refractivity contribution in [3.05, 3.63) is 47.7 Å². The van der Waals surface area contributed by atoms with Crippen LogP contribution in [0.2, 0.25) is 0 Å². The molecule has 1 aromatic carbocycles. The number of hydrogen-bond donors (Lipinski definition) is 2. The lowest BCUT2D eigenvalue weighted by atomic mass is 10.2. The fraction of sp³-hybridized carbons (Fsp3) is 0.429. The molecule has 2 aromatic rings. The van der Waals surface area contributed by atoms with Crippen LogP contribution in [0, 0.1) is 0 Å². The van der Waals surface area contributed by atoms with Gasteiger partial charge in [0.1, 0.15) is 6.61 Å². The summed E-state index contributed by atoms with van der Waals surface area (Å²) >= 11 is 0. The van der Waals surface area contributed by atoms with Crippen LogP contribution < -0.4 is 24.8 Å². The number of hydrogen-bond acceptors (Lipinski definition) is 6. The summed E-state index contributed by atoms with van der Waals surface area (Å²) in [6, 6.07) is 8.68. The number of rotatable bonds is 12. The number of alkyl halides is 2. The second-order valence-corrected chi connectivity index (χ2v) is 6.14. The van der Waals surface area contributed by atoms with Crippen molar-refractivity contribution in [1.29, 1.82) is 0 Å². The molecule has 0 aliphatic carbocycles. The Hall–Kier alpha value is -3.14. The van der Waals surface area contributed by atoms with Crippen LogP contribution in [0.25, 0.3) is 0 Å². The van der Waals surface area contributed by atoms with E-state index in [9.17, 15) is 8.78 Å². The van der Waals surface area contributed by atoms with Gasteiger partial charge in [0.05, 0.1) is 13.2 Å². The van der Waals surface area contributed by atoms with Gasteiger partial charge < -0.3 is 29.6 Å². The van der Waals surface area contributed by atoms with E-state index in [0.29, 0.717) is 43.8 Å². The Balaban J connectivity index is 2.02. The minimum Gasteiger partial charge on any atom is -0.490 e. The molecule has 31 heavy (non-hydrogen) atoms. The molecule has 0 amide bonds. The molecule has 0 radical (unpaired) electrons. The first-order valence-electron chi connectivity index (χ1n) is 9.78. The smallest absolute Gasteiger partial charge is 0.387 e. The summed E-state index contributed by atoms with van der Waals surface area (Å²) in [6.07, 6.45) is 1.65. The summed E-state index contributed by atoms with van der Waals surface area (Å²) in [4.78, 5) is 8.40. The summed E-state index contributed by atoms with van der Waals surface area (Å²) in [6.45, 7) is 0.587. The van der Waals surface area contributed by atoms with Gasteiger partial charge in [-0.05, 0) is 19.1 Å². The predicted octanol–water partition coefficient (Wildman–Crippen LogP) is 2.97. The molecule has 0 saturated carbocycles. The normalized spacial score (nSPS) is 11.4. The lowest BCUT2D eigenvalue weighted by molar-refractivity contribution is -0.0520. The number of aliphatic imine (C=N–C) groups is 1. The van der Waals surface area contributed by atoms with Crippen molar-refractivity contribution >= 4 is 5.96 Å². The molecule has 1 aromatic heterocycles. The molecule has 170 valence electrons. The number of pyridine rings is 1. The zero-order chi connectivity index (χ0) is 22.5. The molecule has 10 heteroatoms. The summed E-state index contributed by atoms with van der Waals surface area (Å²) in [5.74, 6) is 1.23. The molecule has 8 nitrogen and oxygen atoms in total. The number of methoxy groups -OCH3 is 1. The number of para-hydroxylation sites is 1. The van der Waals surface area contributed by atoms with Gasteiger partial charge >= 0.3 is 6.61 Å². The van der Waals surface area contributed by atoms with Crippen molar-refractivity contribution in [2.75, 3.05) is 34.0 Å². The number of ether oxygens (including phenoxy) is 4. The van der Waals surface area contributed by atoms with E-state index in [1.807, 2.05) is 12.1 Å². The van der Waals surface area contributed by atoms with Crippen LogP contribution in [-0.4, -0.2) is 51.5 Å². The highest BCUT2D eigenvalue weighted by Gasteiger charge is 2.16. The molecule has 0 unspecified atom stereocenters. The van der Waals surface area contributed by atoms with Gasteiger partial charge in [-0.1, -0.05) is 18.2 Å². The van der Waals surface area contributed by atoms with Crippen LogP contribution >= 0.6 is 0 Å². The van der Waals surface area contributed by atoms with E-state index in [1.165, 1.54) is 0 Å². The van der Waals surface area contributed by atoms with E-state index in [4.69, 9.17) is 18.9 Å². The van der Waals surface area contributed by atoms with Gasteiger partial charge in [0.2, 0.25) is 5.88 Å². The molecule has 0 spiro atoms. The average molecular weight is 438 g/mol. The van der Waals surface area contributed by atoms with E-state index in [2.05, 4.69) is 20.6 Å². The zero-order valence-corrected chi connectivity index (χ0v) is 17.9. The number of halogens is 2. The Bertz CT molecular complexity index is 837. The third-order valence-corrected chi connectivity index (χ3v) is 4.06. The van der Waals surface area contributed by atoms with E-state index >= 15 is 0 Å². The minimum atomic E-state index is -2.96. The van der Waals surface area contributed by atoms with Crippen molar-refractivity contribution in [1.82, 2.24) is 15.6 Å². The molecule has 2 rings (SSSR count). The molecule has 2 N–H and O–H groups in total. The third-order valence-electron chi connectivity index (χ3n) is 4.06. The maximum atomic E-state index is 12.9. The van der Waals surface area contributed by atoms with Crippen LogP contribution in [0.3, 0.4) is 0 Å². The van der Waals surface area contributed by atoms with Gasteiger partial charge in [0, 0.05) is 44.6 Å². The SMILES string of the molecule is CCOc1cccc(CNC(=NC)NCc2cccnc2OCCOC)c1OC(F)F. The fourth-order valence-corrected chi connectivity index (χ4v) is 2.68. The Morgan fingerprint density at radius 2 is 1.81 bits per heavy atom. The topological polar surface area (TPSA) is 86.2 Å². The standard InChI is InChI=1S/C21H28F2N4O4/c1-4-29-17-9-5-7-15(18(17)31-20(22)23)13-26-21(24-2)27-14-16-8-6-10-25-19(16)30-12-11-28-3/h5-10,20H,4,11-14H2,1-3H3,(H2,24,26,27). The lowest BCUT2D eigenvalue weighted by Gasteiger charge is -2.17. The van der Waals surface area contributed by atoms with Crippen LogP contribution in [0.4, 0.5) is 8.78 Å². The van der Waals surface area contributed by atoms with Gasteiger partial charge in [-0.15, -0.1) is 0 Å². The quantitative estimate of drug-likeness (QED) is 0.299. The first-order valence-corrected chi connectivity index (χ1v) is 9.78. The zero-order valence-electron chi connectivity index (χ0n) is 17.9. The molecule has 0 aliphatic heterocycles. The van der Waals surface area contributed by atoms with Crippen LogP contribution in [0.15, 0.2) is 41.5 Å². The van der Waals surface area contributed by atoms with Crippen molar-refractivity contribution < 1.29 is 27.7 Å². The Morgan fingerprint density at radius 1 is 1.06 bits per heavy atom. The maximum Gasteiger partial charge on any atom is 0.387 e. The third kappa shape index (κ3) is 7.89. The number of benzene rings is 1. The fourth-order valence-electron chi connectivity index (χ4n) is 2.68. The average Bonchev–Trinajstić information content (AvgIpc) is 2.76. The summed E-state index contributed by atoms with van der Waals surface area (Å²) in [5, 5.41) is 6.24. The predicted molar refractivity (Wildman–Crippen MR) is 113 cm³/mol. The minimum absolute atomic E-state index is 0.00314. The van der Waals surface area contributed by atoms with Crippen molar-refractivity contribution in [3.63, 3.8) is 0 Å². The first-order chi connectivity index (χ1) is 15.1. The van der Waals surface area contributed by atoms with E-state index < -0.39 is 6.61 Å².